The summed E-state index contributed by atoms with van der Waals surface area (Å²) in [5, 5.41) is 9.32. The Balaban J connectivity index is 2.45. The molecule has 0 aliphatic rings. The summed E-state index contributed by atoms with van der Waals surface area (Å²) in [5.74, 6) is -0.457. The fraction of sp³-hybridized carbons (Fsp3) is 0.417. The van der Waals surface area contributed by atoms with E-state index in [2.05, 4.69) is 4.98 Å². The molecule has 0 spiro atoms. The molecule has 0 fully saturated rings. The second-order valence-corrected chi connectivity index (χ2v) is 4.72. The largest absolute Gasteiger partial charge is 0.417 e. The van der Waals surface area contributed by atoms with E-state index >= 15 is 0 Å². The van der Waals surface area contributed by atoms with Gasteiger partial charge in [-0.05, 0) is 26.0 Å². The molecule has 0 radical (unpaired) electrons. The van der Waals surface area contributed by atoms with Crippen molar-refractivity contribution in [1.82, 2.24) is 4.98 Å². The van der Waals surface area contributed by atoms with E-state index in [1.165, 1.54) is 0 Å². The van der Waals surface area contributed by atoms with Crippen LogP contribution in [-0.2, 0) is 0 Å². The van der Waals surface area contributed by atoms with E-state index in [0.717, 1.165) is 5.69 Å². The minimum atomic E-state index is -0.457. The van der Waals surface area contributed by atoms with Crippen LogP contribution < -0.4 is 10.7 Å². The average Bonchev–Trinajstić information content (AvgIpc) is 2.66. The molecule has 0 saturated carbocycles. The second kappa shape index (κ2) is 3.92. The summed E-state index contributed by atoms with van der Waals surface area (Å²) in [6.07, 6.45) is 0. The molecular formula is C12H16N2O3. The van der Waals surface area contributed by atoms with Crippen LogP contribution in [0, 0.1) is 0 Å². The smallest absolute Gasteiger partial charge is 0.408 e. The lowest BCUT2D eigenvalue weighted by Gasteiger charge is -2.35. The number of aliphatic hydroxyl groups excluding tert-OH is 1. The minimum Gasteiger partial charge on any atom is -0.408 e. The monoisotopic (exact) mass is 236 g/mol. The number of oxazole rings is 1. The van der Waals surface area contributed by atoms with E-state index in [0.29, 0.717) is 11.1 Å². The highest BCUT2D eigenvalue weighted by molar-refractivity contribution is 5.77. The summed E-state index contributed by atoms with van der Waals surface area (Å²) >= 11 is 0. The van der Waals surface area contributed by atoms with Crippen molar-refractivity contribution in [2.45, 2.75) is 19.4 Å². The molecule has 0 atom stereocenters. The lowest BCUT2D eigenvalue weighted by Crippen LogP contribution is -2.44. The molecule has 5 nitrogen and oxygen atoms in total. The number of nitrogens with one attached hydrogen (secondary N) is 1. The predicted molar refractivity (Wildman–Crippen MR) is 66.4 cm³/mol. The van der Waals surface area contributed by atoms with Crippen molar-refractivity contribution in [2.75, 3.05) is 18.6 Å². The van der Waals surface area contributed by atoms with Crippen molar-refractivity contribution >= 4 is 16.8 Å². The fourth-order valence-electron chi connectivity index (χ4n) is 1.60. The molecule has 0 saturated heterocycles. The van der Waals surface area contributed by atoms with Crippen LogP contribution in [0.3, 0.4) is 0 Å². The van der Waals surface area contributed by atoms with E-state index in [4.69, 9.17) is 4.42 Å². The Kier molecular flexibility index (Phi) is 2.71. The zero-order valence-corrected chi connectivity index (χ0v) is 10.2. The Morgan fingerprint density at radius 3 is 2.82 bits per heavy atom. The Labute approximate surface area is 98.7 Å². The van der Waals surface area contributed by atoms with Gasteiger partial charge in [-0.2, -0.15) is 0 Å². The van der Waals surface area contributed by atoms with Gasteiger partial charge in [-0.1, -0.05) is 0 Å². The average molecular weight is 236 g/mol. The van der Waals surface area contributed by atoms with Crippen LogP contribution in [0.5, 0.6) is 0 Å². The molecule has 2 N–H and O–H groups in total. The lowest BCUT2D eigenvalue weighted by molar-refractivity contribution is 0.216. The van der Waals surface area contributed by atoms with Gasteiger partial charge in [0.1, 0.15) is 0 Å². The number of H-pyrrole nitrogens is 1. The summed E-state index contributed by atoms with van der Waals surface area (Å²) in [6.45, 7) is 3.91. The number of hydrogen-bond donors (Lipinski definition) is 2. The molecule has 0 bridgehead atoms. The van der Waals surface area contributed by atoms with Gasteiger partial charge in [-0.3, -0.25) is 4.98 Å². The van der Waals surface area contributed by atoms with Gasteiger partial charge in [-0.15, -0.1) is 0 Å². The maximum absolute atomic E-state index is 11.0. The Morgan fingerprint density at radius 2 is 2.18 bits per heavy atom. The van der Waals surface area contributed by atoms with E-state index in [9.17, 15) is 9.90 Å². The number of anilines is 1. The van der Waals surface area contributed by atoms with E-state index in [-0.39, 0.29) is 12.1 Å². The highest BCUT2D eigenvalue weighted by atomic mass is 16.4. The summed E-state index contributed by atoms with van der Waals surface area (Å²) < 4.78 is 5.00. The predicted octanol–water partition coefficient (Wildman–Crippen LogP) is 1.33. The van der Waals surface area contributed by atoms with Crippen LogP contribution in [0.4, 0.5) is 5.69 Å². The first kappa shape index (κ1) is 11.7. The first-order valence-electron chi connectivity index (χ1n) is 5.41. The van der Waals surface area contributed by atoms with Crippen molar-refractivity contribution in [3.05, 3.63) is 28.7 Å². The van der Waals surface area contributed by atoms with Gasteiger partial charge in [-0.25, -0.2) is 4.79 Å². The van der Waals surface area contributed by atoms with Crippen LogP contribution in [0.1, 0.15) is 13.8 Å². The Hall–Kier alpha value is -1.75. The molecule has 0 aliphatic carbocycles. The number of aliphatic hydroxyl groups is 1. The zero-order chi connectivity index (χ0) is 12.6. The number of aromatic amines is 1. The molecule has 1 aromatic carbocycles. The van der Waals surface area contributed by atoms with Gasteiger partial charge < -0.3 is 14.4 Å². The third kappa shape index (κ3) is 2.06. The highest BCUT2D eigenvalue weighted by Crippen LogP contribution is 2.24. The molecule has 0 amide bonds. The molecule has 5 heteroatoms. The summed E-state index contributed by atoms with van der Waals surface area (Å²) in [4.78, 5) is 15.6. The standard InChI is InChI=1S/C12H16N2O3/c1-12(2,7-15)14(3)8-4-5-9-10(6-8)17-11(16)13-9/h4-6,15H,7H2,1-3H3,(H,13,16). The molecule has 2 rings (SSSR count). The zero-order valence-electron chi connectivity index (χ0n) is 10.2. The number of aromatic nitrogens is 1. The first-order chi connectivity index (χ1) is 7.94. The van der Waals surface area contributed by atoms with Gasteiger partial charge in [0.25, 0.3) is 0 Å². The summed E-state index contributed by atoms with van der Waals surface area (Å²) in [7, 11) is 1.89. The highest BCUT2D eigenvalue weighted by Gasteiger charge is 2.23. The van der Waals surface area contributed by atoms with Gasteiger partial charge >= 0.3 is 5.76 Å². The van der Waals surface area contributed by atoms with E-state index in [1.54, 1.807) is 12.1 Å². The third-order valence-corrected chi connectivity index (χ3v) is 3.09. The quantitative estimate of drug-likeness (QED) is 0.843. The molecular weight excluding hydrogens is 220 g/mol. The van der Waals surface area contributed by atoms with Crippen LogP contribution in [-0.4, -0.2) is 29.3 Å². The number of rotatable bonds is 3. The van der Waals surface area contributed by atoms with Crippen molar-refractivity contribution in [3.8, 4) is 0 Å². The topological polar surface area (TPSA) is 69.5 Å². The van der Waals surface area contributed by atoms with Crippen LogP contribution in [0.15, 0.2) is 27.4 Å². The van der Waals surface area contributed by atoms with Gasteiger partial charge in [0.05, 0.1) is 17.7 Å². The normalized spacial score (nSPS) is 12.0. The summed E-state index contributed by atoms with van der Waals surface area (Å²) in [5.41, 5.74) is 1.71. The minimum absolute atomic E-state index is 0.0403. The van der Waals surface area contributed by atoms with Crippen molar-refractivity contribution < 1.29 is 9.52 Å². The molecule has 1 heterocycles. The maximum atomic E-state index is 11.0. The number of likely N-dealkylation sites (N-methyl/N-ethyl adjacent to an activating group) is 1. The molecule has 0 aliphatic heterocycles. The number of fused-ring (bicyclic) bond motifs is 1. The van der Waals surface area contributed by atoms with Crippen molar-refractivity contribution in [3.63, 3.8) is 0 Å². The molecule has 0 unspecified atom stereocenters. The van der Waals surface area contributed by atoms with E-state index in [1.807, 2.05) is 31.9 Å². The van der Waals surface area contributed by atoms with Crippen LogP contribution in [0.25, 0.3) is 11.1 Å². The molecule has 1 aromatic heterocycles. The van der Waals surface area contributed by atoms with Crippen LogP contribution in [0.2, 0.25) is 0 Å². The SMILES string of the molecule is CN(c1ccc2[nH]c(=O)oc2c1)C(C)(C)CO. The molecule has 17 heavy (non-hydrogen) atoms. The van der Waals surface area contributed by atoms with Crippen LogP contribution >= 0.6 is 0 Å². The molecule has 2 aromatic rings. The van der Waals surface area contributed by atoms with E-state index < -0.39 is 5.76 Å². The van der Waals surface area contributed by atoms with Gasteiger partial charge in [0.2, 0.25) is 0 Å². The third-order valence-electron chi connectivity index (χ3n) is 3.09. The first-order valence-corrected chi connectivity index (χ1v) is 5.41. The van der Waals surface area contributed by atoms with Gasteiger partial charge in [0.15, 0.2) is 5.58 Å². The van der Waals surface area contributed by atoms with Crippen molar-refractivity contribution in [2.24, 2.45) is 0 Å². The number of hydrogen-bond acceptors (Lipinski definition) is 4. The maximum Gasteiger partial charge on any atom is 0.417 e. The number of nitrogens with zero attached hydrogens (tertiary/aromatic N) is 1. The fourth-order valence-corrected chi connectivity index (χ4v) is 1.60. The number of benzene rings is 1. The van der Waals surface area contributed by atoms with Crippen molar-refractivity contribution in [1.29, 1.82) is 0 Å². The lowest BCUT2D eigenvalue weighted by atomic mass is 10.0. The summed E-state index contributed by atoms with van der Waals surface area (Å²) in [6, 6.07) is 5.45. The molecule has 92 valence electrons. The Bertz CT molecular complexity index is 583. The van der Waals surface area contributed by atoms with Gasteiger partial charge in [0, 0.05) is 18.8 Å². The Morgan fingerprint density at radius 1 is 1.47 bits per heavy atom. The second-order valence-electron chi connectivity index (χ2n) is 4.72.